The molecular formula is C15H18FN3O3. The van der Waals surface area contributed by atoms with E-state index in [0.29, 0.717) is 23.6 Å². The van der Waals surface area contributed by atoms with Crippen molar-refractivity contribution in [2.75, 3.05) is 20.2 Å². The van der Waals surface area contributed by atoms with Crippen LogP contribution in [0.5, 0.6) is 0 Å². The molecule has 0 bridgehead atoms. The lowest BCUT2D eigenvalue weighted by molar-refractivity contribution is -0.143. The molecule has 0 aliphatic carbocycles. The van der Waals surface area contributed by atoms with E-state index in [-0.39, 0.29) is 24.8 Å². The minimum atomic E-state index is -0.451. The standard InChI is InChI=1S/C15H18FN3O3/c1-4-22-13(20)7-8-18(3)15(21)14-10(2)17-12-6-5-11(16)9-19(12)14/h5-6,9H,4,7-8H2,1-3H3. The van der Waals surface area contributed by atoms with Gasteiger partial charge in [-0.3, -0.25) is 14.0 Å². The van der Waals surface area contributed by atoms with Crippen LogP contribution >= 0.6 is 0 Å². The number of amides is 1. The summed E-state index contributed by atoms with van der Waals surface area (Å²) in [5, 5.41) is 0. The summed E-state index contributed by atoms with van der Waals surface area (Å²) in [5.41, 5.74) is 1.31. The first-order chi connectivity index (χ1) is 10.4. The van der Waals surface area contributed by atoms with Gasteiger partial charge in [0.15, 0.2) is 0 Å². The van der Waals surface area contributed by atoms with Gasteiger partial charge in [-0.15, -0.1) is 0 Å². The average Bonchev–Trinajstić information content (AvgIpc) is 2.79. The molecule has 0 atom stereocenters. The van der Waals surface area contributed by atoms with Crippen LogP contribution in [0.3, 0.4) is 0 Å². The van der Waals surface area contributed by atoms with Gasteiger partial charge in [0.1, 0.15) is 17.2 Å². The Hall–Kier alpha value is -2.44. The molecule has 0 radical (unpaired) electrons. The molecule has 2 heterocycles. The summed E-state index contributed by atoms with van der Waals surface area (Å²) in [5.74, 6) is -1.13. The maximum absolute atomic E-state index is 13.4. The monoisotopic (exact) mass is 307 g/mol. The molecule has 0 unspecified atom stereocenters. The average molecular weight is 307 g/mol. The molecule has 1 amide bonds. The van der Waals surface area contributed by atoms with Crippen molar-refractivity contribution in [2.24, 2.45) is 0 Å². The van der Waals surface area contributed by atoms with E-state index in [2.05, 4.69) is 4.98 Å². The number of fused-ring (bicyclic) bond motifs is 1. The van der Waals surface area contributed by atoms with E-state index in [9.17, 15) is 14.0 Å². The van der Waals surface area contributed by atoms with Gasteiger partial charge in [0.2, 0.25) is 0 Å². The third-order valence-corrected chi connectivity index (χ3v) is 3.26. The number of hydrogen-bond donors (Lipinski definition) is 0. The summed E-state index contributed by atoms with van der Waals surface area (Å²) in [6.07, 6.45) is 1.34. The van der Waals surface area contributed by atoms with Crippen LogP contribution < -0.4 is 0 Å². The lowest BCUT2D eigenvalue weighted by Gasteiger charge is -2.16. The molecule has 0 aromatic carbocycles. The van der Waals surface area contributed by atoms with Crippen LogP contribution in [0, 0.1) is 12.7 Å². The number of aryl methyl sites for hydroxylation is 1. The first-order valence-corrected chi connectivity index (χ1v) is 6.99. The van der Waals surface area contributed by atoms with Gasteiger partial charge in [-0.25, -0.2) is 9.37 Å². The fraction of sp³-hybridized carbons (Fsp3) is 0.400. The molecule has 0 saturated carbocycles. The minimum Gasteiger partial charge on any atom is -0.466 e. The molecule has 2 aromatic rings. The second kappa shape index (κ2) is 6.55. The normalized spacial score (nSPS) is 10.7. The molecule has 22 heavy (non-hydrogen) atoms. The highest BCUT2D eigenvalue weighted by Crippen LogP contribution is 2.15. The zero-order chi connectivity index (χ0) is 16.3. The predicted octanol–water partition coefficient (Wildman–Crippen LogP) is 1.81. The van der Waals surface area contributed by atoms with Crippen LogP contribution in [0.15, 0.2) is 18.3 Å². The smallest absolute Gasteiger partial charge is 0.307 e. The fourth-order valence-corrected chi connectivity index (χ4v) is 2.17. The van der Waals surface area contributed by atoms with E-state index in [0.717, 1.165) is 0 Å². The number of imidazole rings is 1. The number of esters is 1. The van der Waals surface area contributed by atoms with Gasteiger partial charge in [-0.2, -0.15) is 0 Å². The highest BCUT2D eigenvalue weighted by Gasteiger charge is 2.21. The Morgan fingerprint density at radius 3 is 2.82 bits per heavy atom. The van der Waals surface area contributed by atoms with Crippen molar-refractivity contribution in [3.05, 3.63) is 35.5 Å². The van der Waals surface area contributed by atoms with Crippen molar-refractivity contribution >= 4 is 17.5 Å². The van der Waals surface area contributed by atoms with Crippen LogP contribution in [0.1, 0.15) is 29.5 Å². The van der Waals surface area contributed by atoms with Crippen molar-refractivity contribution in [2.45, 2.75) is 20.3 Å². The van der Waals surface area contributed by atoms with Crippen molar-refractivity contribution in [1.29, 1.82) is 0 Å². The molecular weight excluding hydrogens is 289 g/mol. The summed E-state index contributed by atoms with van der Waals surface area (Å²) in [6, 6.07) is 2.80. The zero-order valence-electron chi connectivity index (χ0n) is 12.8. The van der Waals surface area contributed by atoms with Gasteiger partial charge in [-0.05, 0) is 26.0 Å². The topological polar surface area (TPSA) is 63.9 Å². The fourth-order valence-electron chi connectivity index (χ4n) is 2.17. The maximum Gasteiger partial charge on any atom is 0.307 e. The van der Waals surface area contributed by atoms with Gasteiger partial charge in [0.25, 0.3) is 5.91 Å². The number of pyridine rings is 1. The molecule has 2 rings (SSSR count). The van der Waals surface area contributed by atoms with Gasteiger partial charge < -0.3 is 9.64 Å². The van der Waals surface area contributed by atoms with Crippen LogP contribution in [0.2, 0.25) is 0 Å². The maximum atomic E-state index is 13.4. The van der Waals surface area contributed by atoms with Crippen molar-refractivity contribution in [3.63, 3.8) is 0 Å². The van der Waals surface area contributed by atoms with E-state index < -0.39 is 5.82 Å². The summed E-state index contributed by atoms with van der Waals surface area (Å²) in [4.78, 5) is 29.5. The van der Waals surface area contributed by atoms with Crippen LogP contribution in [0.25, 0.3) is 5.65 Å². The van der Waals surface area contributed by atoms with Gasteiger partial charge in [-0.1, -0.05) is 0 Å². The van der Waals surface area contributed by atoms with Crippen LogP contribution in [-0.4, -0.2) is 46.4 Å². The Bertz CT molecular complexity index is 711. The SMILES string of the molecule is CCOC(=O)CCN(C)C(=O)c1c(C)nc2ccc(F)cn12. The van der Waals surface area contributed by atoms with Crippen molar-refractivity contribution < 1.29 is 18.7 Å². The molecule has 0 saturated heterocycles. The predicted molar refractivity (Wildman–Crippen MR) is 78.1 cm³/mol. The zero-order valence-corrected chi connectivity index (χ0v) is 12.8. The molecule has 7 heteroatoms. The molecule has 2 aromatic heterocycles. The number of aromatic nitrogens is 2. The number of carbonyl (C=O) groups excluding carboxylic acids is 2. The molecule has 118 valence electrons. The van der Waals surface area contributed by atoms with Crippen LogP contribution in [-0.2, 0) is 9.53 Å². The Kier molecular flexibility index (Phi) is 4.75. The van der Waals surface area contributed by atoms with E-state index in [1.165, 1.54) is 27.6 Å². The molecule has 0 aliphatic rings. The molecule has 0 aliphatic heterocycles. The Balaban J connectivity index is 2.20. The first kappa shape index (κ1) is 15.9. The Labute approximate surface area is 127 Å². The van der Waals surface area contributed by atoms with Crippen LogP contribution in [0.4, 0.5) is 4.39 Å². The minimum absolute atomic E-state index is 0.111. The second-order valence-electron chi connectivity index (χ2n) is 4.90. The Morgan fingerprint density at radius 2 is 2.14 bits per heavy atom. The van der Waals surface area contributed by atoms with Crippen molar-refractivity contribution in [1.82, 2.24) is 14.3 Å². The highest BCUT2D eigenvalue weighted by atomic mass is 19.1. The number of carbonyl (C=O) groups is 2. The van der Waals surface area contributed by atoms with E-state index >= 15 is 0 Å². The molecule has 6 nitrogen and oxygen atoms in total. The summed E-state index contributed by atoms with van der Waals surface area (Å²) in [7, 11) is 1.58. The van der Waals surface area contributed by atoms with Gasteiger partial charge >= 0.3 is 5.97 Å². The quantitative estimate of drug-likeness (QED) is 0.790. The molecule has 0 fully saturated rings. The second-order valence-corrected chi connectivity index (χ2v) is 4.90. The Morgan fingerprint density at radius 1 is 1.41 bits per heavy atom. The third-order valence-electron chi connectivity index (χ3n) is 3.26. The largest absolute Gasteiger partial charge is 0.466 e. The molecule has 0 N–H and O–H groups in total. The number of hydrogen-bond acceptors (Lipinski definition) is 4. The number of nitrogens with zero attached hydrogens (tertiary/aromatic N) is 3. The van der Waals surface area contributed by atoms with Gasteiger partial charge in [0, 0.05) is 19.8 Å². The third kappa shape index (κ3) is 3.24. The summed E-state index contributed by atoms with van der Waals surface area (Å²) in [6.45, 7) is 3.95. The number of ether oxygens (including phenoxy) is 1. The lowest BCUT2D eigenvalue weighted by Crippen LogP contribution is -2.30. The highest BCUT2D eigenvalue weighted by molar-refractivity contribution is 5.94. The molecule has 0 spiro atoms. The van der Waals surface area contributed by atoms with E-state index in [4.69, 9.17) is 4.74 Å². The lowest BCUT2D eigenvalue weighted by atomic mass is 10.3. The summed E-state index contributed by atoms with van der Waals surface area (Å²) >= 11 is 0. The van der Waals surface area contributed by atoms with E-state index in [1.54, 1.807) is 20.9 Å². The van der Waals surface area contributed by atoms with Crippen molar-refractivity contribution in [3.8, 4) is 0 Å². The number of halogens is 1. The number of rotatable bonds is 5. The first-order valence-electron chi connectivity index (χ1n) is 6.99. The summed E-state index contributed by atoms with van der Waals surface area (Å²) < 4.78 is 19.6. The van der Waals surface area contributed by atoms with E-state index in [1.807, 2.05) is 0 Å². The van der Waals surface area contributed by atoms with Gasteiger partial charge in [0.05, 0.1) is 18.7 Å².